The smallest absolute Gasteiger partial charge is 0.356 e. The molecule has 27 heavy (non-hydrogen) atoms. The van der Waals surface area contributed by atoms with E-state index in [4.69, 9.17) is 0 Å². The molecule has 3 aromatic rings. The Balaban J connectivity index is 1.73. The Labute approximate surface area is 163 Å². The predicted molar refractivity (Wildman–Crippen MR) is 101 cm³/mol. The highest BCUT2D eigenvalue weighted by Gasteiger charge is 2.25. The quantitative estimate of drug-likeness (QED) is 0.652. The molecule has 1 fully saturated rings. The molecule has 0 atom stereocenters. The van der Waals surface area contributed by atoms with Crippen molar-refractivity contribution in [2.75, 3.05) is 0 Å². The van der Waals surface area contributed by atoms with Crippen LogP contribution in [-0.4, -0.2) is 30.6 Å². The minimum Gasteiger partial charge on any atom is -0.476 e. The number of benzene rings is 1. The van der Waals surface area contributed by atoms with Crippen LogP contribution in [0.3, 0.4) is 0 Å². The van der Waals surface area contributed by atoms with Gasteiger partial charge < -0.3 is 5.11 Å². The van der Waals surface area contributed by atoms with E-state index in [-0.39, 0.29) is 17.6 Å². The van der Waals surface area contributed by atoms with E-state index in [2.05, 4.69) is 26.1 Å². The van der Waals surface area contributed by atoms with Crippen LogP contribution in [-0.2, 0) is 6.42 Å². The molecule has 1 aliphatic rings. The Morgan fingerprint density at radius 2 is 2.11 bits per heavy atom. The molecule has 6 nitrogen and oxygen atoms in total. The molecule has 0 radical (unpaired) electrons. The van der Waals surface area contributed by atoms with Crippen LogP contribution >= 0.6 is 15.9 Å². The Bertz CT molecular complexity index is 1020. The van der Waals surface area contributed by atoms with E-state index < -0.39 is 5.97 Å². The van der Waals surface area contributed by atoms with Gasteiger partial charge in [-0.25, -0.2) is 13.9 Å². The molecule has 0 amide bonds. The number of carboxylic acids is 1. The highest BCUT2D eigenvalue weighted by molar-refractivity contribution is 9.10. The molecule has 0 bridgehead atoms. The first-order chi connectivity index (χ1) is 12.9. The van der Waals surface area contributed by atoms with Crippen LogP contribution in [0.15, 0.2) is 34.9 Å². The molecule has 1 saturated carbocycles. The van der Waals surface area contributed by atoms with Gasteiger partial charge in [-0.05, 0) is 66.4 Å². The van der Waals surface area contributed by atoms with E-state index in [0.717, 1.165) is 30.7 Å². The zero-order chi connectivity index (χ0) is 19.1. The van der Waals surface area contributed by atoms with Crippen LogP contribution in [0.4, 0.5) is 4.39 Å². The van der Waals surface area contributed by atoms with Crippen molar-refractivity contribution in [1.29, 1.82) is 0 Å². The third-order valence-electron chi connectivity index (χ3n) is 4.87. The number of hydrogen-bond donors (Lipinski definition) is 1. The second-order valence-corrected chi connectivity index (χ2v) is 7.69. The number of aromatic nitrogens is 4. The predicted octanol–water partition coefficient (Wildman–Crippen LogP) is 4.29. The third kappa shape index (κ3) is 3.41. The normalized spacial score (nSPS) is 14.3. The molecule has 4 rings (SSSR count). The van der Waals surface area contributed by atoms with Gasteiger partial charge in [0.2, 0.25) is 0 Å². The van der Waals surface area contributed by atoms with Crippen molar-refractivity contribution in [3.63, 3.8) is 0 Å². The minimum absolute atomic E-state index is 0.0745. The van der Waals surface area contributed by atoms with E-state index in [1.807, 2.05) is 19.2 Å². The lowest BCUT2D eigenvalue weighted by Gasteiger charge is -2.25. The summed E-state index contributed by atoms with van der Waals surface area (Å²) in [6, 6.07) is 6.59. The van der Waals surface area contributed by atoms with Gasteiger partial charge in [0.25, 0.3) is 0 Å². The summed E-state index contributed by atoms with van der Waals surface area (Å²) in [7, 11) is 0. The average Bonchev–Trinajstić information content (AvgIpc) is 3.10. The fourth-order valence-electron chi connectivity index (χ4n) is 3.31. The van der Waals surface area contributed by atoms with Gasteiger partial charge in [-0.2, -0.15) is 10.2 Å². The van der Waals surface area contributed by atoms with E-state index >= 15 is 0 Å². The van der Waals surface area contributed by atoms with Gasteiger partial charge >= 0.3 is 5.97 Å². The van der Waals surface area contributed by atoms with Crippen LogP contribution < -0.4 is 0 Å². The second kappa shape index (κ2) is 6.92. The molecule has 2 aromatic heterocycles. The van der Waals surface area contributed by atoms with Gasteiger partial charge in [0.15, 0.2) is 5.69 Å². The number of nitrogens with zero attached hydrogens (tertiary/aromatic N) is 4. The van der Waals surface area contributed by atoms with E-state index in [9.17, 15) is 14.3 Å². The number of halogens is 2. The van der Waals surface area contributed by atoms with Crippen LogP contribution in [0.25, 0.3) is 5.69 Å². The molecule has 0 spiro atoms. The first kappa shape index (κ1) is 17.9. The maximum Gasteiger partial charge on any atom is 0.356 e. The van der Waals surface area contributed by atoms with Crippen molar-refractivity contribution in [2.45, 2.75) is 38.6 Å². The maximum absolute atomic E-state index is 13.4. The molecule has 0 aliphatic heterocycles. The van der Waals surface area contributed by atoms with Gasteiger partial charge in [-0.1, -0.05) is 0 Å². The van der Waals surface area contributed by atoms with Gasteiger partial charge in [-0.3, -0.25) is 4.68 Å². The molecule has 0 saturated heterocycles. The number of carbonyl (C=O) groups is 1. The van der Waals surface area contributed by atoms with E-state index in [0.29, 0.717) is 22.1 Å². The number of carboxylic acid groups (broad SMARTS) is 1. The van der Waals surface area contributed by atoms with Crippen molar-refractivity contribution < 1.29 is 14.3 Å². The summed E-state index contributed by atoms with van der Waals surface area (Å²) in [4.78, 5) is 11.7. The number of aromatic carboxylic acids is 1. The monoisotopic (exact) mass is 432 g/mol. The fraction of sp³-hybridized carbons (Fsp3) is 0.316. The molecule has 2 heterocycles. The van der Waals surface area contributed by atoms with Crippen molar-refractivity contribution in [1.82, 2.24) is 19.6 Å². The first-order valence-electron chi connectivity index (χ1n) is 8.74. The van der Waals surface area contributed by atoms with E-state index in [1.165, 1.54) is 12.1 Å². The summed E-state index contributed by atoms with van der Waals surface area (Å²) in [5.41, 5.74) is 3.03. The van der Waals surface area contributed by atoms with Crippen LogP contribution in [0.2, 0.25) is 0 Å². The van der Waals surface area contributed by atoms with E-state index in [1.54, 1.807) is 15.4 Å². The summed E-state index contributed by atoms with van der Waals surface area (Å²) >= 11 is 3.38. The Morgan fingerprint density at radius 1 is 1.33 bits per heavy atom. The maximum atomic E-state index is 13.4. The highest BCUT2D eigenvalue weighted by Crippen LogP contribution is 2.32. The van der Waals surface area contributed by atoms with Gasteiger partial charge in [0, 0.05) is 28.3 Å². The van der Waals surface area contributed by atoms with Crippen molar-refractivity contribution in [3.8, 4) is 5.69 Å². The molecule has 1 aromatic carbocycles. The number of hydrogen-bond acceptors (Lipinski definition) is 3. The molecular weight excluding hydrogens is 415 g/mol. The van der Waals surface area contributed by atoms with Crippen LogP contribution in [0, 0.1) is 12.7 Å². The average molecular weight is 433 g/mol. The second-order valence-electron chi connectivity index (χ2n) is 6.83. The van der Waals surface area contributed by atoms with Gasteiger partial charge in [0.1, 0.15) is 5.82 Å². The lowest BCUT2D eigenvalue weighted by molar-refractivity contribution is 0.0687. The van der Waals surface area contributed by atoms with Gasteiger partial charge in [0.05, 0.1) is 17.4 Å². The SMILES string of the molecule is Cc1cc(Cc2cn(C3CCC3)nc2C(=O)O)n(-c2ccc(F)cc2Br)n1. The molecule has 0 unspecified atom stereocenters. The zero-order valence-electron chi connectivity index (χ0n) is 14.7. The summed E-state index contributed by atoms with van der Waals surface area (Å²) in [6.07, 6.45) is 5.41. The Hall–Kier alpha value is -2.48. The van der Waals surface area contributed by atoms with Gasteiger partial charge in [-0.15, -0.1) is 0 Å². The topological polar surface area (TPSA) is 72.9 Å². The summed E-state index contributed by atoms with van der Waals surface area (Å²) < 4.78 is 17.5. The molecule has 140 valence electrons. The first-order valence-corrected chi connectivity index (χ1v) is 9.54. The fourth-order valence-corrected chi connectivity index (χ4v) is 3.83. The van der Waals surface area contributed by atoms with Crippen LogP contribution in [0.5, 0.6) is 0 Å². The molecular formula is C19H18BrFN4O2. The number of aryl methyl sites for hydroxylation is 1. The standard InChI is InChI=1S/C19H18BrFN4O2/c1-11-7-15(25(22-11)17-6-5-13(21)9-16(17)20)8-12-10-24(14-3-2-4-14)23-18(12)19(26)27/h5-7,9-10,14H,2-4,8H2,1H3,(H,26,27). The lowest BCUT2D eigenvalue weighted by atomic mass is 9.93. The zero-order valence-corrected chi connectivity index (χ0v) is 16.3. The van der Waals surface area contributed by atoms with Crippen molar-refractivity contribution >= 4 is 21.9 Å². The largest absolute Gasteiger partial charge is 0.476 e. The Kier molecular flexibility index (Phi) is 4.59. The minimum atomic E-state index is -1.03. The van der Waals surface area contributed by atoms with Crippen molar-refractivity contribution in [3.05, 3.63) is 63.4 Å². The molecule has 1 N–H and O–H groups in total. The lowest BCUT2D eigenvalue weighted by Crippen LogP contribution is -2.17. The summed E-state index contributed by atoms with van der Waals surface area (Å²) in [5.74, 6) is -1.38. The van der Waals surface area contributed by atoms with Crippen molar-refractivity contribution in [2.24, 2.45) is 0 Å². The number of rotatable bonds is 5. The molecule has 8 heteroatoms. The summed E-state index contributed by atoms with van der Waals surface area (Å²) in [6.45, 7) is 1.87. The summed E-state index contributed by atoms with van der Waals surface area (Å²) in [5, 5.41) is 18.3. The third-order valence-corrected chi connectivity index (χ3v) is 5.51. The molecule has 1 aliphatic carbocycles. The Morgan fingerprint density at radius 3 is 2.74 bits per heavy atom. The van der Waals surface area contributed by atoms with Crippen LogP contribution in [0.1, 0.15) is 52.7 Å². The highest BCUT2D eigenvalue weighted by atomic mass is 79.9.